The van der Waals surface area contributed by atoms with Gasteiger partial charge in [-0.1, -0.05) is 6.07 Å². The van der Waals surface area contributed by atoms with Crippen LogP contribution in [0.3, 0.4) is 0 Å². The van der Waals surface area contributed by atoms with E-state index in [2.05, 4.69) is 5.32 Å². The van der Waals surface area contributed by atoms with Crippen LogP contribution in [0.25, 0.3) is 0 Å². The number of carbonyl (C=O) groups excluding carboxylic acids is 2. The summed E-state index contributed by atoms with van der Waals surface area (Å²) in [6.45, 7) is 2.92. The molecule has 0 aliphatic rings. The highest BCUT2D eigenvalue weighted by atomic mass is 16.2. The van der Waals surface area contributed by atoms with Gasteiger partial charge in [0.05, 0.1) is 0 Å². The van der Waals surface area contributed by atoms with Crippen LogP contribution in [0, 0.1) is 0 Å². The molecular weight excluding hydrogens is 242 g/mol. The summed E-state index contributed by atoms with van der Waals surface area (Å²) >= 11 is 0. The van der Waals surface area contributed by atoms with Gasteiger partial charge in [0.1, 0.15) is 0 Å². The second-order valence-corrected chi connectivity index (χ2v) is 4.79. The van der Waals surface area contributed by atoms with Crippen molar-refractivity contribution in [3.05, 3.63) is 29.8 Å². The minimum Gasteiger partial charge on any atom is -0.340 e. The maximum Gasteiger partial charge on any atom is 0.253 e. The molecule has 5 heteroatoms. The first-order chi connectivity index (χ1) is 8.90. The number of nitrogens with one attached hydrogen (secondary N) is 1. The van der Waals surface area contributed by atoms with Crippen LogP contribution in [0.2, 0.25) is 0 Å². The molecule has 19 heavy (non-hydrogen) atoms. The van der Waals surface area contributed by atoms with E-state index >= 15 is 0 Å². The summed E-state index contributed by atoms with van der Waals surface area (Å²) in [5, 5.41) is 2.67. The van der Waals surface area contributed by atoms with Crippen LogP contribution in [-0.4, -0.2) is 55.8 Å². The lowest BCUT2D eigenvalue weighted by Crippen LogP contribution is -2.33. The fourth-order valence-electron chi connectivity index (χ4n) is 1.61. The predicted octanol–water partition coefficient (Wildman–Crippen LogP) is 1.28. The zero-order valence-corrected chi connectivity index (χ0v) is 11.9. The van der Waals surface area contributed by atoms with E-state index in [0.717, 1.165) is 6.54 Å². The zero-order chi connectivity index (χ0) is 14.4. The minimum atomic E-state index is -0.148. The summed E-state index contributed by atoms with van der Waals surface area (Å²) in [6, 6.07) is 6.96. The molecule has 0 atom stereocenters. The Balaban J connectivity index is 2.73. The number of rotatable bonds is 5. The molecule has 0 radical (unpaired) electrons. The van der Waals surface area contributed by atoms with E-state index in [0.29, 0.717) is 17.8 Å². The molecular formula is C14H21N3O2. The lowest BCUT2D eigenvalue weighted by molar-refractivity contribution is -0.114. The van der Waals surface area contributed by atoms with E-state index in [9.17, 15) is 9.59 Å². The molecule has 0 aromatic heterocycles. The molecule has 0 fully saturated rings. The third-order valence-electron chi connectivity index (χ3n) is 2.66. The van der Waals surface area contributed by atoms with Crippen molar-refractivity contribution in [2.24, 2.45) is 0 Å². The Kier molecular flexibility index (Phi) is 5.51. The maximum absolute atomic E-state index is 12.2. The normalized spacial score (nSPS) is 10.4. The summed E-state index contributed by atoms with van der Waals surface area (Å²) in [4.78, 5) is 26.9. The molecule has 0 saturated heterocycles. The maximum atomic E-state index is 12.2. The number of hydrogen-bond acceptors (Lipinski definition) is 3. The molecule has 0 heterocycles. The quantitative estimate of drug-likeness (QED) is 0.870. The highest BCUT2D eigenvalue weighted by Crippen LogP contribution is 2.12. The van der Waals surface area contributed by atoms with E-state index in [1.807, 2.05) is 19.0 Å². The second-order valence-electron chi connectivity index (χ2n) is 4.79. The third-order valence-corrected chi connectivity index (χ3v) is 2.66. The summed E-state index contributed by atoms with van der Waals surface area (Å²) in [5.74, 6) is -0.195. The average molecular weight is 263 g/mol. The Morgan fingerprint density at radius 2 is 1.84 bits per heavy atom. The number of benzene rings is 1. The standard InChI is InChI=1S/C14H21N3O2/c1-11(18)15-13-7-5-6-12(10-13)14(19)17(4)9-8-16(2)3/h5-7,10H,8-9H2,1-4H3,(H,15,18). The van der Waals surface area contributed by atoms with Crippen LogP contribution in [0.5, 0.6) is 0 Å². The van der Waals surface area contributed by atoms with Gasteiger partial charge in [-0.25, -0.2) is 0 Å². The molecule has 0 aliphatic heterocycles. The number of amides is 2. The highest BCUT2D eigenvalue weighted by molar-refractivity contribution is 5.96. The number of hydrogen-bond donors (Lipinski definition) is 1. The third kappa shape index (κ3) is 5.09. The Labute approximate surface area is 114 Å². The summed E-state index contributed by atoms with van der Waals surface area (Å²) < 4.78 is 0. The molecule has 1 N–H and O–H groups in total. The summed E-state index contributed by atoms with van der Waals surface area (Å²) in [6.07, 6.45) is 0. The lowest BCUT2D eigenvalue weighted by Gasteiger charge is -2.20. The molecule has 0 aliphatic carbocycles. The fourth-order valence-corrected chi connectivity index (χ4v) is 1.61. The van der Waals surface area contributed by atoms with Crippen molar-refractivity contribution in [2.45, 2.75) is 6.92 Å². The van der Waals surface area contributed by atoms with Crippen molar-refractivity contribution in [3.63, 3.8) is 0 Å². The number of likely N-dealkylation sites (N-methyl/N-ethyl adjacent to an activating group) is 2. The second kappa shape index (κ2) is 6.89. The van der Waals surface area contributed by atoms with Gasteiger partial charge in [0.25, 0.3) is 5.91 Å². The zero-order valence-electron chi connectivity index (χ0n) is 11.9. The number of anilines is 1. The Hall–Kier alpha value is -1.88. The first kappa shape index (κ1) is 15.2. The monoisotopic (exact) mass is 263 g/mol. The summed E-state index contributed by atoms with van der Waals surface area (Å²) in [5.41, 5.74) is 1.21. The van der Waals surface area contributed by atoms with Gasteiger partial charge in [0.15, 0.2) is 0 Å². The van der Waals surface area contributed by atoms with Crippen molar-refractivity contribution >= 4 is 17.5 Å². The van der Waals surface area contributed by atoms with E-state index < -0.39 is 0 Å². The van der Waals surface area contributed by atoms with Gasteiger partial charge in [-0.3, -0.25) is 9.59 Å². The van der Waals surface area contributed by atoms with Gasteiger partial charge in [-0.05, 0) is 32.3 Å². The molecule has 0 saturated carbocycles. The van der Waals surface area contributed by atoms with Crippen LogP contribution >= 0.6 is 0 Å². The highest BCUT2D eigenvalue weighted by Gasteiger charge is 2.12. The number of carbonyl (C=O) groups is 2. The average Bonchev–Trinajstić information content (AvgIpc) is 2.34. The fraction of sp³-hybridized carbons (Fsp3) is 0.429. The van der Waals surface area contributed by atoms with Crippen molar-refractivity contribution in [3.8, 4) is 0 Å². The van der Waals surface area contributed by atoms with E-state index in [-0.39, 0.29) is 11.8 Å². The molecule has 1 aromatic rings. The Bertz CT molecular complexity index is 458. The summed E-state index contributed by atoms with van der Waals surface area (Å²) in [7, 11) is 5.71. The van der Waals surface area contributed by atoms with Crippen molar-refractivity contribution in [1.29, 1.82) is 0 Å². The molecule has 104 valence electrons. The Morgan fingerprint density at radius 1 is 1.16 bits per heavy atom. The van der Waals surface area contributed by atoms with Gasteiger partial charge < -0.3 is 15.1 Å². The first-order valence-corrected chi connectivity index (χ1v) is 6.18. The molecule has 0 unspecified atom stereocenters. The van der Waals surface area contributed by atoms with Gasteiger partial charge in [0.2, 0.25) is 5.91 Å². The van der Waals surface area contributed by atoms with Gasteiger partial charge in [0, 0.05) is 38.3 Å². The van der Waals surface area contributed by atoms with Crippen molar-refractivity contribution in [2.75, 3.05) is 39.5 Å². The van der Waals surface area contributed by atoms with Crippen LogP contribution < -0.4 is 5.32 Å². The SMILES string of the molecule is CC(=O)Nc1cccc(C(=O)N(C)CCN(C)C)c1. The predicted molar refractivity (Wildman–Crippen MR) is 76.3 cm³/mol. The molecule has 5 nitrogen and oxygen atoms in total. The minimum absolute atomic E-state index is 0.0472. The van der Waals surface area contributed by atoms with Crippen LogP contribution in [-0.2, 0) is 4.79 Å². The van der Waals surface area contributed by atoms with E-state index in [4.69, 9.17) is 0 Å². The number of nitrogens with zero attached hydrogens (tertiary/aromatic N) is 2. The first-order valence-electron chi connectivity index (χ1n) is 6.18. The van der Waals surface area contributed by atoms with E-state index in [1.165, 1.54) is 6.92 Å². The smallest absolute Gasteiger partial charge is 0.253 e. The molecule has 0 bridgehead atoms. The van der Waals surface area contributed by atoms with E-state index in [1.54, 1.807) is 36.2 Å². The van der Waals surface area contributed by atoms with Crippen LogP contribution in [0.4, 0.5) is 5.69 Å². The lowest BCUT2D eigenvalue weighted by atomic mass is 10.1. The van der Waals surface area contributed by atoms with Gasteiger partial charge in [-0.2, -0.15) is 0 Å². The molecule has 2 amide bonds. The Morgan fingerprint density at radius 3 is 2.42 bits per heavy atom. The largest absolute Gasteiger partial charge is 0.340 e. The molecule has 1 aromatic carbocycles. The topological polar surface area (TPSA) is 52.7 Å². The molecule has 1 rings (SSSR count). The van der Waals surface area contributed by atoms with Gasteiger partial charge >= 0.3 is 0 Å². The van der Waals surface area contributed by atoms with Crippen molar-refractivity contribution < 1.29 is 9.59 Å². The van der Waals surface area contributed by atoms with Gasteiger partial charge in [-0.15, -0.1) is 0 Å². The van der Waals surface area contributed by atoms with Crippen molar-refractivity contribution in [1.82, 2.24) is 9.80 Å². The van der Waals surface area contributed by atoms with Crippen LogP contribution in [0.1, 0.15) is 17.3 Å². The van der Waals surface area contributed by atoms with Crippen LogP contribution in [0.15, 0.2) is 24.3 Å². The molecule has 0 spiro atoms.